The molecule has 29 nitrogen and oxygen atoms in total. The zero-order valence-corrected chi connectivity index (χ0v) is 43.0. The lowest BCUT2D eigenvalue weighted by molar-refractivity contribution is -0.142. The second-order valence-electron chi connectivity index (χ2n) is 18.2. The van der Waals surface area contributed by atoms with Gasteiger partial charge in [-0.15, -0.1) is 0 Å². The fraction of sp³-hybridized carbons (Fsp3) is 0.674. The first-order valence-corrected chi connectivity index (χ1v) is 25.3. The van der Waals surface area contributed by atoms with Crippen LogP contribution in [0.25, 0.3) is 0 Å². The van der Waals surface area contributed by atoms with Gasteiger partial charge >= 0.3 is 5.97 Å². The SMILES string of the molecule is CC[C@H](C)C(NC(=O)[C@@H](NC(=O)C(N)CCCCN)[C@@H](O)CN)C(=O)NCC(=O)N[C@H](CCCN)C(=O)N1CCC[C@H]1C(=O)NC(Cc1cnc[nH]1)C(=O)N[C@@H](CCCCN)C(=O)N/C(=C\CCN=C(N)N)C(=O)O. The number of unbranched alkanes of at least 4 members (excludes halogenated alkanes) is 2. The van der Waals surface area contributed by atoms with Gasteiger partial charge in [-0.05, 0) is 89.8 Å². The summed E-state index contributed by atoms with van der Waals surface area (Å²) in [5.41, 5.74) is 39.3. The van der Waals surface area contributed by atoms with Crippen molar-refractivity contribution in [3.63, 3.8) is 0 Å². The van der Waals surface area contributed by atoms with Crippen molar-refractivity contribution in [2.75, 3.05) is 45.8 Å². The monoisotopic (exact) mass is 1060 g/mol. The molecule has 24 N–H and O–H groups in total. The molecule has 0 bridgehead atoms. The van der Waals surface area contributed by atoms with E-state index in [-0.39, 0.29) is 77.1 Å². The lowest BCUT2D eigenvalue weighted by atomic mass is 9.97. The fourth-order valence-corrected chi connectivity index (χ4v) is 7.86. The maximum Gasteiger partial charge on any atom is 0.352 e. The normalized spacial score (nSPS) is 16.6. The average Bonchev–Trinajstić information content (AvgIpc) is 4.10. The molecule has 1 aromatic rings. The van der Waals surface area contributed by atoms with E-state index in [1.807, 2.05) is 0 Å². The summed E-state index contributed by atoms with van der Waals surface area (Å²) >= 11 is 0. The third-order valence-corrected chi connectivity index (χ3v) is 12.3. The molecule has 1 saturated heterocycles. The van der Waals surface area contributed by atoms with Gasteiger partial charge in [0.1, 0.15) is 41.9 Å². The zero-order valence-electron chi connectivity index (χ0n) is 43.0. The molecule has 75 heavy (non-hydrogen) atoms. The van der Waals surface area contributed by atoms with Gasteiger partial charge in [-0.1, -0.05) is 32.8 Å². The molecule has 1 aliphatic rings. The summed E-state index contributed by atoms with van der Waals surface area (Å²) in [5, 5.41) is 38.1. The quantitative estimate of drug-likeness (QED) is 0.0129. The number of nitrogens with one attached hydrogen (secondary N) is 8. The van der Waals surface area contributed by atoms with Crippen molar-refractivity contribution in [3.8, 4) is 0 Å². The highest BCUT2D eigenvalue weighted by Crippen LogP contribution is 2.21. The molecule has 0 saturated carbocycles. The van der Waals surface area contributed by atoms with Crippen molar-refractivity contribution in [2.45, 2.75) is 146 Å². The standard InChI is InChI=1S/C46H82N18O11/c1-3-26(2)36(62-43(72)37(34(65)22-50)63-38(67)28(51)11-4-6-16-47)42(71)56-24-35(66)58-30(13-8-18-49)44(73)64-20-10-15-33(64)41(70)61-32(21-27-23-54-25-57-27)40(69)59-29(12-5-7-17-48)39(68)60-31(45(74)75)14-9-19-55-46(52)53/h14,23,25-26,28-30,32-34,36-37,65H,3-13,15-22,24,47-51H2,1-2H3,(H,54,57)(H,56,71)(H,58,66)(H,59,69)(H,60,68)(H,61,70)(H,62,72)(H,63,67)(H,74,75)(H4,52,53,55)/b31-14-/t26-,28?,29-,30+,32?,33-,34-,36?,37-/m0/s1. The zero-order chi connectivity index (χ0) is 56.0. The van der Waals surface area contributed by atoms with Crippen molar-refractivity contribution < 1.29 is 53.4 Å². The number of amides is 8. The number of imidazole rings is 1. The molecule has 0 aliphatic carbocycles. The predicted molar refractivity (Wildman–Crippen MR) is 275 cm³/mol. The number of guanidine groups is 1. The van der Waals surface area contributed by atoms with E-state index >= 15 is 0 Å². The smallest absolute Gasteiger partial charge is 0.352 e. The van der Waals surface area contributed by atoms with Crippen LogP contribution in [-0.4, -0.2) is 178 Å². The lowest BCUT2D eigenvalue weighted by Crippen LogP contribution is -2.62. The number of aliphatic carboxylic acids is 1. The predicted octanol–water partition coefficient (Wildman–Crippen LogP) is -6.08. The van der Waals surface area contributed by atoms with Crippen LogP contribution < -0.4 is 77.4 Å². The average molecular weight is 1060 g/mol. The van der Waals surface area contributed by atoms with E-state index in [1.165, 1.54) is 23.5 Å². The van der Waals surface area contributed by atoms with Gasteiger partial charge < -0.3 is 97.5 Å². The number of hydrogen-bond acceptors (Lipinski definition) is 17. The molecular weight excluding hydrogens is 981 g/mol. The van der Waals surface area contributed by atoms with Gasteiger partial charge in [0.15, 0.2) is 5.96 Å². The van der Waals surface area contributed by atoms with Crippen LogP contribution >= 0.6 is 0 Å². The number of nitrogens with two attached hydrogens (primary N) is 7. The first kappa shape index (κ1) is 64.3. The molecule has 0 aromatic carbocycles. The Balaban J connectivity index is 2.27. The number of carboxylic acid groups (broad SMARTS) is 1. The number of aliphatic hydroxyl groups is 1. The number of H-pyrrole nitrogens is 1. The van der Waals surface area contributed by atoms with Crippen molar-refractivity contribution in [1.82, 2.24) is 52.1 Å². The number of carboxylic acids is 1. The van der Waals surface area contributed by atoms with Gasteiger partial charge in [-0.25, -0.2) is 9.78 Å². The number of likely N-dealkylation sites (tertiary alicyclic amines) is 1. The molecule has 0 spiro atoms. The largest absolute Gasteiger partial charge is 0.477 e. The molecule has 8 amide bonds. The minimum atomic E-state index is -1.57. The second-order valence-corrected chi connectivity index (χ2v) is 18.2. The van der Waals surface area contributed by atoms with Crippen LogP contribution in [-0.2, 0) is 49.6 Å². The summed E-state index contributed by atoms with van der Waals surface area (Å²) in [6.45, 7) is 3.32. The van der Waals surface area contributed by atoms with E-state index in [9.17, 15) is 53.4 Å². The molecule has 2 heterocycles. The van der Waals surface area contributed by atoms with E-state index < -0.39 is 126 Å². The van der Waals surface area contributed by atoms with E-state index in [1.54, 1.807) is 13.8 Å². The Morgan fingerprint density at radius 3 is 2.07 bits per heavy atom. The highest BCUT2D eigenvalue weighted by molar-refractivity contribution is 5.99. The summed E-state index contributed by atoms with van der Waals surface area (Å²) in [7, 11) is 0. The van der Waals surface area contributed by atoms with Crippen molar-refractivity contribution in [2.24, 2.45) is 51.0 Å². The van der Waals surface area contributed by atoms with Crippen molar-refractivity contribution in [1.29, 1.82) is 0 Å². The first-order chi connectivity index (χ1) is 35.7. The molecular formula is C46H82N18O11. The lowest BCUT2D eigenvalue weighted by Gasteiger charge is -2.30. The number of aliphatic imine (C=N–C) groups is 1. The third-order valence-electron chi connectivity index (χ3n) is 12.3. The molecule has 1 aromatic heterocycles. The van der Waals surface area contributed by atoms with Crippen LogP contribution in [0.3, 0.4) is 0 Å². The molecule has 3 unspecified atom stereocenters. The van der Waals surface area contributed by atoms with Gasteiger partial charge in [0.25, 0.3) is 0 Å². The van der Waals surface area contributed by atoms with Crippen LogP contribution in [0.2, 0.25) is 0 Å². The number of nitrogens with zero attached hydrogens (tertiary/aromatic N) is 3. The van der Waals surface area contributed by atoms with Gasteiger partial charge in [-0.2, -0.15) is 0 Å². The molecule has 2 rings (SSSR count). The molecule has 9 atom stereocenters. The Morgan fingerprint density at radius 2 is 1.47 bits per heavy atom. The van der Waals surface area contributed by atoms with Gasteiger partial charge in [0, 0.05) is 37.9 Å². The Hall–Kier alpha value is -6.79. The number of hydrogen-bond donors (Lipinski definition) is 17. The summed E-state index contributed by atoms with van der Waals surface area (Å²) in [4.78, 5) is 134. The number of rotatable bonds is 36. The van der Waals surface area contributed by atoms with E-state index in [4.69, 9.17) is 40.1 Å². The second kappa shape index (κ2) is 34.7. The van der Waals surface area contributed by atoms with E-state index in [0.717, 1.165) is 0 Å². The Bertz CT molecular complexity index is 2070. The molecule has 422 valence electrons. The molecule has 1 aliphatic heterocycles. The molecule has 0 radical (unpaired) electrons. The molecule has 29 heteroatoms. The van der Waals surface area contributed by atoms with Gasteiger partial charge in [-0.3, -0.25) is 43.3 Å². The van der Waals surface area contributed by atoms with E-state index in [0.29, 0.717) is 50.8 Å². The molecule has 1 fully saturated rings. The van der Waals surface area contributed by atoms with Gasteiger partial charge in [0.2, 0.25) is 47.3 Å². The number of aromatic amines is 1. The van der Waals surface area contributed by atoms with Crippen molar-refractivity contribution >= 4 is 59.2 Å². The fourth-order valence-electron chi connectivity index (χ4n) is 7.86. The minimum Gasteiger partial charge on any atom is -0.477 e. The van der Waals surface area contributed by atoms with Crippen LogP contribution in [0.4, 0.5) is 0 Å². The van der Waals surface area contributed by atoms with Crippen LogP contribution in [0.1, 0.15) is 96.6 Å². The van der Waals surface area contributed by atoms with Crippen LogP contribution in [0.5, 0.6) is 0 Å². The number of carbonyl (C=O) groups is 9. The maximum absolute atomic E-state index is 14.3. The Kier molecular flexibility index (Phi) is 29.7. The third kappa shape index (κ3) is 22.7. The number of aromatic nitrogens is 2. The van der Waals surface area contributed by atoms with Crippen LogP contribution in [0, 0.1) is 5.92 Å². The topological polar surface area (TPSA) is 505 Å². The van der Waals surface area contributed by atoms with E-state index in [2.05, 4.69) is 52.2 Å². The first-order valence-electron chi connectivity index (χ1n) is 25.3. The Morgan fingerprint density at radius 1 is 0.813 bits per heavy atom. The minimum absolute atomic E-state index is 0.0421. The Labute approximate surface area is 436 Å². The van der Waals surface area contributed by atoms with Crippen LogP contribution in [0.15, 0.2) is 29.3 Å². The highest BCUT2D eigenvalue weighted by Gasteiger charge is 2.40. The summed E-state index contributed by atoms with van der Waals surface area (Å²) in [5.74, 6) is -8.41. The van der Waals surface area contributed by atoms with Crippen molar-refractivity contribution in [3.05, 3.63) is 30.0 Å². The summed E-state index contributed by atoms with van der Waals surface area (Å²) in [6.07, 6.45) is 5.97. The summed E-state index contributed by atoms with van der Waals surface area (Å²) < 4.78 is 0. The highest BCUT2D eigenvalue weighted by atomic mass is 16.4. The number of carbonyl (C=O) groups excluding carboxylic acids is 8. The maximum atomic E-state index is 14.3. The summed E-state index contributed by atoms with van der Waals surface area (Å²) in [6, 6.07) is -8.80. The van der Waals surface area contributed by atoms with Gasteiger partial charge in [0.05, 0.1) is 25.0 Å². The number of aliphatic hydroxyl groups excluding tert-OH is 1.